The Kier molecular flexibility index (Phi) is 17.2. The number of carbonyl (C=O) groups excluding carboxylic acids is 2. The van der Waals surface area contributed by atoms with Crippen molar-refractivity contribution in [3.8, 4) is 0 Å². The van der Waals surface area contributed by atoms with Gasteiger partial charge in [-0.05, 0) is 47.0 Å². The number of benzene rings is 1. The van der Waals surface area contributed by atoms with Gasteiger partial charge in [0, 0.05) is 10.8 Å². The summed E-state index contributed by atoms with van der Waals surface area (Å²) >= 11 is 0. The number of hydrogen-bond donors (Lipinski definition) is 0. The summed E-state index contributed by atoms with van der Waals surface area (Å²) in [6.45, 7) is 40.5. The highest BCUT2D eigenvalue weighted by atomic mass is 16.1. The van der Waals surface area contributed by atoms with E-state index in [0.29, 0.717) is 16.4 Å². The summed E-state index contributed by atoms with van der Waals surface area (Å²) in [5.74, 6) is 0.236. The lowest BCUT2D eigenvalue weighted by Gasteiger charge is -2.17. The zero-order valence-corrected chi connectivity index (χ0v) is 25.9. The van der Waals surface area contributed by atoms with Crippen LogP contribution >= 0.6 is 0 Å². The van der Waals surface area contributed by atoms with Crippen molar-refractivity contribution in [2.75, 3.05) is 0 Å². The van der Waals surface area contributed by atoms with Crippen LogP contribution in [0.5, 0.6) is 0 Å². The van der Waals surface area contributed by atoms with Crippen molar-refractivity contribution in [3.05, 3.63) is 79.4 Å². The predicted molar refractivity (Wildman–Crippen MR) is 163 cm³/mol. The van der Waals surface area contributed by atoms with Gasteiger partial charge in [-0.3, -0.25) is 9.59 Å². The maximum Gasteiger partial charge on any atom is 0.163 e. The van der Waals surface area contributed by atoms with Crippen LogP contribution < -0.4 is 0 Å². The van der Waals surface area contributed by atoms with Gasteiger partial charge < -0.3 is 0 Å². The molecule has 0 atom stereocenters. The van der Waals surface area contributed by atoms with Crippen molar-refractivity contribution in [2.24, 2.45) is 21.7 Å². The molecule has 2 heteroatoms. The van der Waals surface area contributed by atoms with Crippen LogP contribution in [0.15, 0.2) is 68.3 Å². The van der Waals surface area contributed by atoms with Crippen molar-refractivity contribution in [2.45, 2.75) is 96.4 Å². The van der Waals surface area contributed by atoms with Gasteiger partial charge in [-0.25, -0.2) is 0 Å². The zero-order chi connectivity index (χ0) is 29.5. The largest absolute Gasteiger partial charge is 0.294 e. The first-order chi connectivity index (χ1) is 15.9. The van der Waals surface area contributed by atoms with Gasteiger partial charge in [0.15, 0.2) is 11.6 Å². The van der Waals surface area contributed by atoms with Crippen LogP contribution in [0.1, 0.15) is 101 Å². The first-order valence-electron chi connectivity index (χ1n) is 12.6. The molecule has 0 heterocycles. The molecule has 0 unspecified atom stereocenters. The van der Waals surface area contributed by atoms with Gasteiger partial charge >= 0.3 is 0 Å². The van der Waals surface area contributed by atoms with Crippen molar-refractivity contribution in [1.82, 2.24) is 0 Å². The molecule has 1 aromatic rings. The first-order valence-corrected chi connectivity index (χ1v) is 12.6. The first kappa shape index (κ1) is 38.1. The molecule has 0 saturated heterocycles. The average molecular weight is 497 g/mol. The normalized spacial score (nSPS) is 11.1. The predicted octanol–water partition coefficient (Wildman–Crippen LogP) is 10.1. The summed E-state index contributed by atoms with van der Waals surface area (Å²) in [7, 11) is 0. The van der Waals surface area contributed by atoms with Gasteiger partial charge in [0.2, 0.25) is 0 Å². The Morgan fingerprint density at radius 2 is 1.14 bits per heavy atom. The molecule has 1 rings (SSSR count). The molecule has 0 aromatic heterocycles. The second-order valence-corrected chi connectivity index (χ2v) is 13.4. The third kappa shape index (κ3) is 23.3. The van der Waals surface area contributed by atoms with Gasteiger partial charge in [-0.15, -0.1) is 6.58 Å². The smallest absolute Gasteiger partial charge is 0.163 e. The standard InChI is InChI=1S/C13H18.C8H14O.C7H12O.C6H12/c1-5-11-6-8-12(9-7-11)10-13(2,3)4;1-6(2)7(9)8(3,4)5;1-5-6(8)7(2,3)4;1-5-6(2,3)4/h5-9H,1,10H2,2-4H3;1H2,2-5H3;5H,1H2,2-4H3;5H,1H2,2-4H3. The fourth-order valence-corrected chi connectivity index (χ4v) is 2.33. The number of allylic oxidation sites excluding steroid dienone is 3. The summed E-state index contributed by atoms with van der Waals surface area (Å²) in [6.07, 6.45) is 6.30. The van der Waals surface area contributed by atoms with Crippen LogP contribution in [0.4, 0.5) is 0 Å². The molecule has 1 aromatic carbocycles. The molecule has 0 aliphatic carbocycles. The Morgan fingerprint density at radius 1 is 0.750 bits per heavy atom. The van der Waals surface area contributed by atoms with E-state index in [4.69, 9.17) is 0 Å². The zero-order valence-electron chi connectivity index (χ0n) is 25.9. The molecule has 0 radical (unpaired) electrons. The van der Waals surface area contributed by atoms with Crippen molar-refractivity contribution in [3.63, 3.8) is 0 Å². The lowest BCUT2D eigenvalue weighted by molar-refractivity contribution is -0.122. The Hall–Kier alpha value is -2.48. The van der Waals surface area contributed by atoms with Crippen LogP contribution in [-0.4, -0.2) is 11.6 Å². The molecule has 0 saturated carbocycles. The molecule has 2 nitrogen and oxygen atoms in total. The number of rotatable bonds is 4. The van der Waals surface area contributed by atoms with E-state index in [1.54, 1.807) is 6.92 Å². The lowest BCUT2D eigenvalue weighted by Crippen LogP contribution is -2.20. The summed E-state index contributed by atoms with van der Waals surface area (Å²) in [6, 6.07) is 8.60. The van der Waals surface area contributed by atoms with Gasteiger partial charge in [0.05, 0.1) is 0 Å². The summed E-state index contributed by atoms with van der Waals surface area (Å²) in [4.78, 5) is 21.8. The maximum atomic E-state index is 11.1. The third-order valence-corrected chi connectivity index (χ3v) is 4.56. The van der Waals surface area contributed by atoms with Crippen LogP contribution in [-0.2, 0) is 16.0 Å². The van der Waals surface area contributed by atoms with Crippen LogP contribution in [0.2, 0.25) is 0 Å². The fourth-order valence-electron chi connectivity index (χ4n) is 2.33. The van der Waals surface area contributed by atoms with E-state index in [0.717, 1.165) is 6.42 Å². The van der Waals surface area contributed by atoms with E-state index in [2.05, 4.69) is 92.1 Å². The molecule has 0 amide bonds. The minimum Gasteiger partial charge on any atom is -0.294 e. The molecule has 0 spiro atoms. The maximum absolute atomic E-state index is 11.1. The number of Topliss-reactive ketones (excluding diaryl/α,β-unsaturated/α-hetero) is 1. The van der Waals surface area contributed by atoms with Crippen LogP contribution in [0.3, 0.4) is 0 Å². The molecule has 0 N–H and O–H groups in total. The van der Waals surface area contributed by atoms with Crippen molar-refractivity contribution >= 4 is 17.6 Å². The molecule has 36 heavy (non-hydrogen) atoms. The summed E-state index contributed by atoms with van der Waals surface area (Å²) in [5, 5.41) is 0. The van der Waals surface area contributed by atoms with E-state index >= 15 is 0 Å². The van der Waals surface area contributed by atoms with E-state index in [1.807, 2.05) is 53.7 Å². The van der Waals surface area contributed by atoms with Crippen LogP contribution in [0.25, 0.3) is 6.08 Å². The summed E-state index contributed by atoms with van der Waals surface area (Å²) < 4.78 is 0. The van der Waals surface area contributed by atoms with E-state index in [9.17, 15) is 9.59 Å². The van der Waals surface area contributed by atoms with Gasteiger partial charge in [-0.2, -0.15) is 0 Å². The van der Waals surface area contributed by atoms with Gasteiger partial charge in [0.1, 0.15) is 0 Å². The second kappa shape index (κ2) is 16.3. The van der Waals surface area contributed by atoms with Crippen molar-refractivity contribution in [1.29, 1.82) is 0 Å². The quantitative estimate of drug-likeness (QED) is 0.307. The SMILES string of the molecule is C=C(C)C(=O)C(C)(C)C.C=CC(=O)C(C)(C)C.C=CC(C)(C)C.C=Cc1ccc(CC(C)(C)C)cc1. The highest BCUT2D eigenvalue weighted by molar-refractivity contribution is 5.98. The van der Waals surface area contributed by atoms with E-state index < -0.39 is 0 Å². The van der Waals surface area contributed by atoms with Crippen molar-refractivity contribution < 1.29 is 9.59 Å². The minimum atomic E-state index is -0.258. The lowest BCUT2D eigenvalue weighted by atomic mass is 9.87. The van der Waals surface area contributed by atoms with Crippen LogP contribution in [0, 0.1) is 21.7 Å². The topological polar surface area (TPSA) is 34.1 Å². The molecule has 0 bridgehead atoms. The van der Waals surface area contributed by atoms with Gasteiger partial charge in [-0.1, -0.05) is 139 Å². The number of hydrogen-bond acceptors (Lipinski definition) is 2. The fraction of sp³-hybridized carbons (Fsp3) is 0.529. The Balaban J connectivity index is -0.000000422. The Labute approximate surface area is 224 Å². The monoisotopic (exact) mass is 496 g/mol. The molecule has 204 valence electrons. The molecular formula is C34H56O2. The van der Waals surface area contributed by atoms with E-state index in [-0.39, 0.29) is 22.4 Å². The van der Waals surface area contributed by atoms with E-state index in [1.165, 1.54) is 17.2 Å². The second-order valence-electron chi connectivity index (χ2n) is 13.4. The Bertz CT molecular complexity index is 837. The highest BCUT2D eigenvalue weighted by Gasteiger charge is 2.20. The minimum absolute atomic E-state index is 0.0949. The average Bonchev–Trinajstić information content (AvgIpc) is 2.71. The Morgan fingerprint density at radius 3 is 1.28 bits per heavy atom. The molecule has 0 aliphatic rings. The van der Waals surface area contributed by atoms with Gasteiger partial charge in [0.25, 0.3) is 0 Å². The molecule has 0 aliphatic heterocycles. The molecule has 0 fully saturated rings. The number of ketones is 2. The molecular weight excluding hydrogens is 440 g/mol. The number of carbonyl (C=O) groups is 2. The summed E-state index contributed by atoms with van der Waals surface area (Å²) in [5.41, 5.74) is 3.40. The third-order valence-electron chi connectivity index (χ3n) is 4.56. The highest BCUT2D eigenvalue weighted by Crippen LogP contribution is 2.21.